The van der Waals surface area contributed by atoms with Crippen molar-refractivity contribution in [2.45, 2.75) is 12.3 Å². The van der Waals surface area contributed by atoms with E-state index in [2.05, 4.69) is 0 Å². The molecule has 3 rings (SSSR count). The maximum atomic E-state index is 12.2. The van der Waals surface area contributed by atoms with Gasteiger partial charge in [-0.25, -0.2) is 0 Å². The smallest absolute Gasteiger partial charge is 0.260 e. The molecule has 0 bridgehead atoms. The summed E-state index contributed by atoms with van der Waals surface area (Å²) in [7, 11) is 0. The van der Waals surface area contributed by atoms with Crippen molar-refractivity contribution in [3.05, 3.63) is 54.0 Å². The normalized spacial score (nSPS) is 17.5. The molecule has 0 saturated carbocycles. The van der Waals surface area contributed by atoms with E-state index in [1.165, 1.54) is 0 Å². The third-order valence-corrected chi connectivity index (χ3v) is 3.84. The lowest BCUT2D eigenvalue weighted by Gasteiger charge is -2.16. The molecule has 0 aliphatic carbocycles. The Balaban J connectivity index is 1.53. The molecule has 22 heavy (non-hydrogen) atoms. The largest absolute Gasteiger partial charge is 0.484 e. The Morgan fingerprint density at radius 3 is 3.05 bits per heavy atom. The maximum Gasteiger partial charge on any atom is 0.260 e. The number of benzene rings is 1. The number of aldehydes is 1. The van der Waals surface area contributed by atoms with Crippen LogP contribution in [0.2, 0.25) is 0 Å². The SMILES string of the molecule is O=Cc1cccc(OCC(=O)N2CCC(c3ccco3)C2)c1. The van der Waals surface area contributed by atoms with Crippen molar-refractivity contribution in [1.29, 1.82) is 0 Å². The average molecular weight is 299 g/mol. The number of amides is 1. The van der Waals surface area contributed by atoms with Crippen LogP contribution in [0.5, 0.6) is 5.75 Å². The number of likely N-dealkylation sites (tertiary alicyclic amines) is 1. The quantitative estimate of drug-likeness (QED) is 0.796. The molecule has 5 nitrogen and oxygen atoms in total. The summed E-state index contributed by atoms with van der Waals surface area (Å²) in [6, 6.07) is 10.6. The highest BCUT2D eigenvalue weighted by Crippen LogP contribution is 2.27. The zero-order chi connectivity index (χ0) is 15.4. The number of hydrogen-bond acceptors (Lipinski definition) is 4. The molecule has 0 N–H and O–H groups in total. The molecule has 1 aromatic carbocycles. The predicted molar refractivity (Wildman–Crippen MR) is 80.0 cm³/mol. The van der Waals surface area contributed by atoms with Gasteiger partial charge < -0.3 is 14.1 Å². The Morgan fingerprint density at radius 2 is 2.27 bits per heavy atom. The van der Waals surface area contributed by atoms with Gasteiger partial charge in [-0.1, -0.05) is 12.1 Å². The number of furan rings is 1. The minimum atomic E-state index is -0.0504. The number of carbonyl (C=O) groups is 2. The van der Waals surface area contributed by atoms with E-state index in [-0.39, 0.29) is 18.4 Å². The maximum absolute atomic E-state index is 12.2. The van der Waals surface area contributed by atoms with E-state index in [0.29, 0.717) is 24.4 Å². The van der Waals surface area contributed by atoms with Crippen LogP contribution < -0.4 is 4.74 Å². The molecule has 114 valence electrons. The van der Waals surface area contributed by atoms with Gasteiger partial charge in [-0.2, -0.15) is 0 Å². The molecule has 1 aromatic heterocycles. The first-order chi connectivity index (χ1) is 10.8. The standard InChI is InChI=1S/C17H17NO4/c19-11-13-3-1-4-15(9-13)22-12-17(20)18-7-6-14(10-18)16-5-2-8-21-16/h1-5,8-9,11,14H,6-7,10,12H2. The summed E-state index contributed by atoms with van der Waals surface area (Å²) in [6.45, 7) is 1.35. The van der Waals surface area contributed by atoms with Crippen molar-refractivity contribution < 1.29 is 18.7 Å². The van der Waals surface area contributed by atoms with E-state index in [4.69, 9.17) is 9.15 Å². The van der Waals surface area contributed by atoms with Gasteiger partial charge in [0.2, 0.25) is 0 Å². The number of nitrogens with zero attached hydrogens (tertiary/aromatic N) is 1. The van der Waals surface area contributed by atoms with Crippen LogP contribution in [0.3, 0.4) is 0 Å². The van der Waals surface area contributed by atoms with Crippen LogP contribution in [-0.4, -0.2) is 36.8 Å². The van der Waals surface area contributed by atoms with Crippen molar-refractivity contribution in [2.24, 2.45) is 0 Å². The zero-order valence-electron chi connectivity index (χ0n) is 12.1. The number of carbonyl (C=O) groups excluding carboxylic acids is 2. The number of hydrogen-bond donors (Lipinski definition) is 0. The van der Waals surface area contributed by atoms with Gasteiger partial charge in [-0.15, -0.1) is 0 Å². The Kier molecular flexibility index (Phi) is 4.23. The molecule has 1 unspecified atom stereocenters. The van der Waals surface area contributed by atoms with E-state index in [0.717, 1.165) is 18.5 Å². The molecule has 5 heteroatoms. The van der Waals surface area contributed by atoms with Crippen molar-refractivity contribution in [3.63, 3.8) is 0 Å². The second-order valence-corrected chi connectivity index (χ2v) is 5.32. The minimum Gasteiger partial charge on any atom is -0.484 e. The third-order valence-electron chi connectivity index (χ3n) is 3.84. The van der Waals surface area contributed by atoms with E-state index in [1.807, 2.05) is 12.1 Å². The van der Waals surface area contributed by atoms with Crippen LogP contribution in [0.1, 0.15) is 28.5 Å². The monoisotopic (exact) mass is 299 g/mol. The molecule has 1 atom stereocenters. The molecule has 1 fully saturated rings. The average Bonchev–Trinajstić information content (AvgIpc) is 3.23. The van der Waals surface area contributed by atoms with Crippen molar-refractivity contribution in [1.82, 2.24) is 4.90 Å². The Morgan fingerprint density at radius 1 is 1.36 bits per heavy atom. The van der Waals surface area contributed by atoms with Crippen molar-refractivity contribution in [3.8, 4) is 5.75 Å². The summed E-state index contributed by atoms with van der Waals surface area (Å²) in [6.07, 6.45) is 3.31. The van der Waals surface area contributed by atoms with Crippen molar-refractivity contribution in [2.75, 3.05) is 19.7 Å². The Bertz CT molecular complexity index is 650. The highest BCUT2D eigenvalue weighted by Gasteiger charge is 2.28. The molecule has 0 spiro atoms. The van der Waals surface area contributed by atoms with Crippen LogP contribution in [0.15, 0.2) is 47.1 Å². The molecule has 2 aromatic rings. The van der Waals surface area contributed by atoms with Gasteiger partial charge in [0.25, 0.3) is 5.91 Å². The van der Waals surface area contributed by atoms with Gasteiger partial charge in [0, 0.05) is 24.6 Å². The molecular formula is C17H17NO4. The highest BCUT2D eigenvalue weighted by atomic mass is 16.5. The fourth-order valence-electron chi connectivity index (χ4n) is 2.66. The van der Waals surface area contributed by atoms with Crippen LogP contribution in [0, 0.1) is 0 Å². The lowest BCUT2D eigenvalue weighted by Crippen LogP contribution is -2.32. The van der Waals surface area contributed by atoms with E-state index in [1.54, 1.807) is 35.4 Å². The lowest BCUT2D eigenvalue weighted by atomic mass is 10.1. The van der Waals surface area contributed by atoms with Gasteiger partial charge in [-0.3, -0.25) is 9.59 Å². The second kappa shape index (κ2) is 6.47. The molecule has 0 radical (unpaired) electrons. The minimum absolute atomic E-state index is 0.0206. The molecular weight excluding hydrogens is 282 g/mol. The van der Waals surface area contributed by atoms with Crippen LogP contribution in [0.4, 0.5) is 0 Å². The Hall–Kier alpha value is -2.56. The zero-order valence-corrected chi connectivity index (χ0v) is 12.1. The van der Waals surface area contributed by atoms with Gasteiger partial charge in [0.1, 0.15) is 17.8 Å². The van der Waals surface area contributed by atoms with Gasteiger partial charge in [-0.05, 0) is 30.7 Å². The van der Waals surface area contributed by atoms with E-state index in [9.17, 15) is 9.59 Å². The first-order valence-electron chi connectivity index (χ1n) is 7.25. The third kappa shape index (κ3) is 3.19. The fourth-order valence-corrected chi connectivity index (χ4v) is 2.66. The van der Waals surface area contributed by atoms with Gasteiger partial charge >= 0.3 is 0 Å². The molecule has 1 aliphatic heterocycles. The van der Waals surface area contributed by atoms with Crippen LogP contribution in [0.25, 0.3) is 0 Å². The summed E-state index contributed by atoms with van der Waals surface area (Å²) in [5, 5.41) is 0. The number of rotatable bonds is 5. The topological polar surface area (TPSA) is 59.8 Å². The van der Waals surface area contributed by atoms with E-state index < -0.39 is 0 Å². The van der Waals surface area contributed by atoms with Crippen LogP contribution in [-0.2, 0) is 4.79 Å². The summed E-state index contributed by atoms with van der Waals surface area (Å²) < 4.78 is 10.9. The predicted octanol–water partition coefficient (Wildman–Crippen LogP) is 2.49. The number of ether oxygens (including phenoxy) is 1. The van der Waals surface area contributed by atoms with Crippen LogP contribution >= 0.6 is 0 Å². The summed E-state index contributed by atoms with van der Waals surface area (Å²) >= 11 is 0. The Labute approximate surface area is 128 Å². The highest BCUT2D eigenvalue weighted by molar-refractivity contribution is 5.78. The van der Waals surface area contributed by atoms with Gasteiger partial charge in [0.15, 0.2) is 6.61 Å². The lowest BCUT2D eigenvalue weighted by molar-refractivity contribution is -0.132. The van der Waals surface area contributed by atoms with E-state index >= 15 is 0 Å². The first kappa shape index (κ1) is 14.4. The van der Waals surface area contributed by atoms with Gasteiger partial charge in [0.05, 0.1) is 6.26 Å². The molecule has 1 saturated heterocycles. The molecule has 1 amide bonds. The molecule has 2 heterocycles. The first-order valence-corrected chi connectivity index (χ1v) is 7.25. The fraction of sp³-hybridized carbons (Fsp3) is 0.294. The summed E-state index contributed by atoms with van der Waals surface area (Å²) in [5.41, 5.74) is 0.531. The summed E-state index contributed by atoms with van der Waals surface area (Å²) in [5.74, 6) is 1.66. The van der Waals surface area contributed by atoms with Crippen molar-refractivity contribution >= 4 is 12.2 Å². The molecule has 1 aliphatic rings. The summed E-state index contributed by atoms with van der Waals surface area (Å²) in [4.78, 5) is 24.7. The second-order valence-electron chi connectivity index (χ2n) is 5.32.